The third kappa shape index (κ3) is 7.26. The molecular weight excluding hydrogens is 469 g/mol. The molecule has 4 rings (SSSR count). The summed E-state index contributed by atoms with van der Waals surface area (Å²) >= 11 is 6.49. The van der Waals surface area contributed by atoms with Crippen LogP contribution in [0.4, 0.5) is 16.0 Å². The second-order valence-electron chi connectivity index (χ2n) is 9.99. The summed E-state index contributed by atoms with van der Waals surface area (Å²) in [6.45, 7) is 5.94. The standard InChI is InChI=1S/C26H37ClFN5O2/c1-26(9-12-35-13-10-26)17-31-25-22(28)7-8-23(33-25)20-15-24(30-16-21(20)27)32-19-5-3-18(4-6-19)29-11-14-34-2/h7-8,15-16,18-19,29H,3-6,9-14,17H2,1-2H3,(H,30,32)(H,31,33)/t18-,19-. The molecule has 2 aromatic heterocycles. The Morgan fingerprint density at radius 1 is 1.17 bits per heavy atom. The highest BCUT2D eigenvalue weighted by molar-refractivity contribution is 6.33. The minimum atomic E-state index is -0.371. The molecule has 7 nitrogen and oxygen atoms in total. The average molecular weight is 506 g/mol. The highest BCUT2D eigenvalue weighted by Crippen LogP contribution is 2.33. The number of anilines is 2. The van der Waals surface area contributed by atoms with Crippen LogP contribution < -0.4 is 16.0 Å². The van der Waals surface area contributed by atoms with Gasteiger partial charge in [-0.3, -0.25) is 0 Å². The lowest BCUT2D eigenvalue weighted by atomic mass is 9.82. The smallest absolute Gasteiger partial charge is 0.165 e. The van der Waals surface area contributed by atoms with E-state index in [1.165, 1.54) is 6.07 Å². The van der Waals surface area contributed by atoms with E-state index in [1.807, 2.05) is 6.07 Å². The number of pyridine rings is 2. The number of hydrogen-bond donors (Lipinski definition) is 3. The molecular formula is C26H37ClFN5O2. The predicted octanol–water partition coefficient (Wildman–Crippen LogP) is 5.12. The summed E-state index contributed by atoms with van der Waals surface area (Å²) in [5.41, 5.74) is 1.42. The highest BCUT2D eigenvalue weighted by Gasteiger charge is 2.27. The van der Waals surface area contributed by atoms with E-state index in [4.69, 9.17) is 21.1 Å². The van der Waals surface area contributed by atoms with Gasteiger partial charge >= 0.3 is 0 Å². The Balaban J connectivity index is 1.40. The van der Waals surface area contributed by atoms with E-state index in [0.29, 0.717) is 29.3 Å². The van der Waals surface area contributed by atoms with E-state index < -0.39 is 0 Å². The fraction of sp³-hybridized carbons (Fsp3) is 0.615. The van der Waals surface area contributed by atoms with Crippen molar-refractivity contribution in [3.63, 3.8) is 0 Å². The summed E-state index contributed by atoms with van der Waals surface area (Å²) in [6, 6.07) is 5.91. The molecule has 1 saturated heterocycles. The van der Waals surface area contributed by atoms with Gasteiger partial charge in [-0.15, -0.1) is 0 Å². The third-order valence-electron chi connectivity index (χ3n) is 7.18. The Labute approximate surface area is 212 Å². The average Bonchev–Trinajstić information content (AvgIpc) is 2.86. The number of nitrogens with zero attached hydrogens (tertiary/aromatic N) is 2. The zero-order chi connectivity index (χ0) is 24.7. The molecule has 0 aromatic carbocycles. The van der Waals surface area contributed by atoms with Gasteiger partial charge in [0.2, 0.25) is 0 Å². The lowest BCUT2D eigenvalue weighted by Crippen LogP contribution is -2.38. The van der Waals surface area contributed by atoms with Gasteiger partial charge in [0.1, 0.15) is 5.82 Å². The Bertz CT molecular complexity index is 965. The van der Waals surface area contributed by atoms with Crippen molar-refractivity contribution in [2.24, 2.45) is 5.41 Å². The van der Waals surface area contributed by atoms with E-state index >= 15 is 0 Å². The summed E-state index contributed by atoms with van der Waals surface area (Å²) in [6.07, 6.45) is 7.88. The first-order valence-electron chi connectivity index (χ1n) is 12.6. The molecule has 1 aliphatic heterocycles. The minimum absolute atomic E-state index is 0.0616. The zero-order valence-corrected chi connectivity index (χ0v) is 21.5. The number of ether oxygens (including phenoxy) is 2. The molecule has 0 spiro atoms. The Morgan fingerprint density at radius 3 is 2.66 bits per heavy atom. The van der Waals surface area contributed by atoms with Crippen molar-refractivity contribution < 1.29 is 13.9 Å². The van der Waals surface area contributed by atoms with Crippen molar-refractivity contribution in [1.82, 2.24) is 15.3 Å². The quantitative estimate of drug-likeness (QED) is 0.386. The fourth-order valence-electron chi connectivity index (χ4n) is 4.78. The molecule has 9 heteroatoms. The van der Waals surface area contributed by atoms with Crippen molar-refractivity contribution in [2.75, 3.05) is 50.7 Å². The number of aromatic nitrogens is 2. The number of rotatable bonds is 10. The molecule has 0 radical (unpaired) electrons. The van der Waals surface area contributed by atoms with Crippen LogP contribution in [-0.4, -0.2) is 62.1 Å². The maximum absolute atomic E-state index is 14.6. The molecule has 0 amide bonds. The zero-order valence-electron chi connectivity index (χ0n) is 20.7. The Kier molecular flexibility index (Phi) is 9.16. The predicted molar refractivity (Wildman–Crippen MR) is 139 cm³/mol. The van der Waals surface area contributed by atoms with Gasteiger partial charge < -0.3 is 25.4 Å². The maximum atomic E-state index is 14.6. The molecule has 2 aromatic rings. The van der Waals surface area contributed by atoms with Crippen LogP contribution in [0, 0.1) is 11.2 Å². The van der Waals surface area contributed by atoms with Crippen LogP contribution in [0.15, 0.2) is 24.4 Å². The third-order valence-corrected chi connectivity index (χ3v) is 7.48. The van der Waals surface area contributed by atoms with E-state index in [9.17, 15) is 4.39 Å². The van der Waals surface area contributed by atoms with E-state index in [2.05, 4.69) is 32.8 Å². The first kappa shape index (κ1) is 26.1. The van der Waals surface area contributed by atoms with Gasteiger partial charge in [-0.25, -0.2) is 14.4 Å². The number of halogens is 2. The summed E-state index contributed by atoms with van der Waals surface area (Å²) in [7, 11) is 1.72. The van der Waals surface area contributed by atoms with Gasteiger partial charge in [0.25, 0.3) is 0 Å². The molecule has 2 fully saturated rings. The molecule has 0 atom stereocenters. The molecule has 192 valence electrons. The van der Waals surface area contributed by atoms with Crippen molar-refractivity contribution in [3.8, 4) is 11.3 Å². The van der Waals surface area contributed by atoms with Crippen LogP contribution in [0.25, 0.3) is 11.3 Å². The van der Waals surface area contributed by atoms with Gasteiger partial charge in [-0.1, -0.05) is 18.5 Å². The first-order valence-corrected chi connectivity index (χ1v) is 13.0. The van der Waals surface area contributed by atoms with E-state index in [0.717, 1.165) is 76.3 Å². The monoisotopic (exact) mass is 505 g/mol. The first-order chi connectivity index (χ1) is 17.0. The topological polar surface area (TPSA) is 80.3 Å². The summed E-state index contributed by atoms with van der Waals surface area (Å²) in [5, 5.41) is 10.8. The summed E-state index contributed by atoms with van der Waals surface area (Å²) in [4.78, 5) is 9.06. The highest BCUT2D eigenvalue weighted by atomic mass is 35.5. The second kappa shape index (κ2) is 12.3. The Morgan fingerprint density at radius 2 is 1.91 bits per heavy atom. The molecule has 35 heavy (non-hydrogen) atoms. The van der Waals surface area contributed by atoms with Gasteiger partial charge in [-0.2, -0.15) is 0 Å². The van der Waals surface area contributed by atoms with Crippen LogP contribution in [0.5, 0.6) is 0 Å². The lowest BCUT2D eigenvalue weighted by Gasteiger charge is -2.33. The van der Waals surface area contributed by atoms with E-state index in [-0.39, 0.29) is 17.1 Å². The summed E-state index contributed by atoms with van der Waals surface area (Å²) in [5.74, 6) is 0.635. The van der Waals surface area contributed by atoms with Crippen LogP contribution >= 0.6 is 11.6 Å². The molecule has 0 unspecified atom stereocenters. The molecule has 1 saturated carbocycles. The van der Waals surface area contributed by atoms with Gasteiger partial charge in [0.05, 0.1) is 17.3 Å². The maximum Gasteiger partial charge on any atom is 0.165 e. The van der Waals surface area contributed by atoms with Gasteiger partial charge in [0, 0.05) is 57.3 Å². The van der Waals surface area contributed by atoms with Crippen molar-refractivity contribution in [1.29, 1.82) is 0 Å². The molecule has 1 aliphatic carbocycles. The molecule has 3 N–H and O–H groups in total. The molecule has 3 heterocycles. The Hall–Kier alpha value is -2.00. The van der Waals surface area contributed by atoms with Crippen LogP contribution in [-0.2, 0) is 9.47 Å². The largest absolute Gasteiger partial charge is 0.383 e. The molecule has 0 bridgehead atoms. The SMILES string of the molecule is COCCN[C@H]1CC[C@H](Nc2cc(-c3ccc(F)c(NCC4(C)CCOCC4)n3)c(Cl)cn2)CC1. The normalized spacial score (nSPS) is 22.1. The van der Waals surface area contributed by atoms with Crippen molar-refractivity contribution in [2.45, 2.75) is 57.5 Å². The number of methoxy groups -OCH3 is 1. The minimum Gasteiger partial charge on any atom is -0.383 e. The second-order valence-corrected chi connectivity index (χ2v) is 10.4. The van der Waals surface area contributed by atoms with Gasteiger partial charge in [0.15, 0.2) is 11.6 Å². The van der Waals surface area contributed by atoms with Crippen LogP contribution in [0.3, 0.4) is 0 Å². The fourth-order valence-corrected chi connectivity index (χ4v) is 4.98. The van der Waals surface area contributed by atoms with E-state index in [1.54, 1.807) is 19.4 Å². The number of nitrogens with one attached hydrogen (secondary N) is 3. The van der Waals surface area contributed by atoms with Crippen molar-refractivity contribution in [3.05, 3.63) is 35.2 Å². The number of hydrogen-bond acceptors (Lipinski definition) is 7. The lowest BCUT2D eigenvalue weighted by molar-refractivity contribution is 0.0299. The van der Waals surface area contributed by atoms with Gasteiger partial charge in [-0.05, 0) is 62.1 Å². The van der Waals surface area contributed by atoms with Crippen molar-refractivity contribution >= 4 is 23.2 Å². The summed E-state index contributed by atoms with van der Waals surface area (Å²) < 4.78 is 25.2. The van der Waals surface area contributed by atoms with Crippen LogP contribution in [0.1, 0.15) is 45.4 Å². The van der Waals surface area contributed by atoms with Crippen LogP contribution in [0.2, 0.25) is 5.02 Å². The molecule has 2 aliphatic rings.